The lowest BCUT2D eigenvalue weighted by Crippen LogP contribution is -2.74. The molecule has 4 fully saturated rings. The summed E-state index contributed by atoms with van der Waals surface area (Å²) >= 11 is 0. The molecular formula is C19H31N3O4. The molecular weight excluding hydrogens is 334 g/mol. The molecule has 0 bridgehead atoms. The fraction of sp³-hybridized carbons (Fsp3) is 0.895. The average molecular weight is 365 g/mol. The zero-order chi connectivity index (χ0) is 18.3. The van der Waals surface area contributed by atoms with Crippen LogP contribution in [-0.2, 0) is 19.1 Å². The minimum Gasteiger partial charge on any atom is -0.383 e. The molecule has 0 aromatic heterocycles. The fourth-order valence-corrected chi connectivity index (χ4v) is 4.24. The Balaban J connectivity index is 1.33. The molecule has 0 radical (unpaired) electrons. The first-order valence-electron chi connectivity index (χ1n) is 9.95. The highest BCUT2D eigenvalue weighted by Gasteiger charge is 2.55. The van der Waals surface area contributed by atoms with E-state index in [-0.39, 0.29) is 23.5 Å². The minimum atomic E-state index is -0.272. The van der Waals surface area contributed by atoms with Crippen molar-refractivity contribution in [3.8, 4) is 0 Å². The Labute approximate surface area is 155 Å². The van der Waals surface area contributed by atoms with E-state index in [1.54, 1.807) is 7.11 Å². The summed E-state index contributed by atoms with van der Waals surface area (Å²) in [6.07, 6.45) is 3.54. The second kappa shape index (κ2) is 7.09. The summed E-state index contributed by atoms with van der Waals surface area (Å²) in [6.45, 7) is 6.64. The average Bonchev–Trinajstić information content (AvgIpc) is 3.50. The molecule has 3 atom stereocenters. The molecule has 0 aromatic carbocycles. The summed E-state index contributed by atoms with van der Waals surface area (Å²) in [7, 11) is 1.63. The van der Waals surface area contributed by atoms with Crippen molar-refractivity contribution < 1.29 is 19.1 Å². The normalized spacial score (nSPS) is 33.0. The van der Waals surface area contributed by atoms with Crippen LogP contribution in [0.15, 0.2) is 0 Å². The lowest BCUT2D eigenvalue weighted by molar-refractivity contribution is -0.205. The molecule has 0 unspecified atom stereocenters. The molecule has 4 aliphatic rings. The second-order valence-electron chi connectivity index (χ2n) is 8.68. The van der Waals surface area contributed by atoms with Crippen LogP contribution in [0.2, 0.25) is 0 Å². The van der Waals surface area contributed by atoms with Crippen LogP contribution < -0.4 is 5.32 Å². The first-order valence-corrected chi connectivity index (χ1v) is 9.95. The van der Waals surface area contributed by atoms with Gasteiger partial charge in [-0.3, -0.25) is 14.5 Å². The van der Waals surface area contributed by atoms with E-state index in [2.05, 4.69) is 17.1 Å². The van der Waals surface area contributed by atoms with Gasteiger partial charge in [0.25, 0.3) is 0 Å². The van der Waals surface area contributed by atoms with Gasteiger partial charge in [-0.15, -0.1) is 0 Å². The van der Waals surface area contributed by atoms with Crippen LogP contribution in [0, 0.1) is 17.8 Å². The van der Waals surface area contributed by atoms with E-state index in [0.29, 0.717) is 50.6 Å². The lowest BCUT2D eigenvalue weighted by Gasteiger charge is -2.55. The molecule has 0 aromatic rings. The van der Waals surface area contributed by atoms with E-state index in [1.807, 2.05) is 4.90 Å². The first-order chi connectivity index (χ1) is 12.5. The number of hydrogen-bond acceptors (Lipinski definition) is 5. The topological polar surface area (TPSA) is 71.1 Å². The summed E-state index contributed by atoms with van der Waals surface area (Å²) in [5.74, 6) is 1.80. The predicted octanol–water partition coefficient (Wildman–Crippen LogP) is 0.0968. The molecule has 2 heterocycles. The molecule has 1 N–H and O–H groups in total. The molecule has 2 amide bonds. The van der Waals surface area contributed by atoms with Crippen molar-refractivity contribution in [2.45, 2.75) is 37.8 Å². The number of nitrogens with one attached hydrogen (secondary N) is 1. The van der Waals surface area contributed by atoms with Gasteiger partial charge >= 0.3 is 0 Å². The van der Waals surface area contributed by atoms with Gasteiger partial charge in [-0.2, -0.15) is 0 Å². The highest BCUT2D eigenvalue weighted by Crippen LogP contribution is 2.42. The van der Waals surface area contributed by atoms with E-state index in [4.69, 9.17) is 9.47 Å². The third-order valence-corrected chi connectivity index (χ3v) is 6.27. The van der Waals surface area contributed by atoms with Gasteiger partial charge in [-0.25, -0.2) is 0 Å². The Kier molecular flexibility index (Phi) is 4.96. The van der Waals surface area contributed by atoms with E-state index < -0.39 is 0 Å². The third kappa shape index (κ3) is 3.75. The fourth-order valence-electron chi connectivity index (χ4n) is 4.24. The molecule has 2 aliphatic carbocycles. The van der Waals surface area contributed by atoms with Crippen molar-refractivity contribution in [3.63, 3.8) is 0 Å². The number of carbonyl (C=O) groups is 2. The Morgan fingerprint density at radius 1 is 1.27 bits per heavy atom. The smallest absolute Gasteiger partial charge is 0.239 e. The summed E-state index contributed by atoms with van der Waals surface area (Å²) in [6, 6.07) is -0.230. The van der Waals surface area contributed by atoms with Gasteiger partial charge in [0.05, 0.1) is 26.3 Å². The van der Waals surface area contributed by atoms with E-state index in [0.717, 1.165) is 19.5 Å². The number of carbonyl (C=O) groups excluding carboxylic acids is 2. The maximum atomic E-state index is 12.6. The largest absolute Gasteiger partial charge is 0.383 e. The molecule has 1 spiro atoms. The number of ether oxygens (including phenoxy) is 2. The molecule has 7 heteroatoms. The summed E-state index contributed by atoms with van der Waals surface area (Å²) < 4.78 is 11.2. The number of amides is 2. The maximum Gasteiger partial charge on any atom is 0.239 e. The Bertz CT molecular complexity index is 559. The zero-order valence-corrected chi connectivity index (χ0v) is 15.9. The van der Waals surface area contributed by atoms with Crippen molar-refractivity contribution in [1.29, 1.82) is 0 Å². The van der Waals surface area contributed by atoms with Crippen molar-refractivity contribution in [1.82, 2.24) is 15.1 Å². The van der Waals surface area contributed by atoms with Crippen LogP contribution in [0.4, 0.5) is 0 Å². The van der Waals surface area contributed by atoms with Crippen LogP contribution in [0.3, 0.4) is 0 Å². The van der Waals surface area contributed by atoms with E-state index >= 15 is 0 Å². The maximum absolute atomic E-state index is 12.6. The van der Waals surface area contributed by atoms with Crippen molar-refractivity contribution >= 4 is 11.8 Å². The molecule has 7 nitrogen and oxygen atoms in total. The number of rotatable bonds is 7. The number of methoxy groups -OCH3 is 1. The zero-order valence-electron chi connectivity index (χ0n) is 15.9. The molecule has 26 heavy (non-hydrogen) atoms. The Hall–Kier alpha value is -1.18. The molecule has 4 rings (SSSR count). The summed E-state index contributed by atoms with van der Waals surface area (Å²) in [5.41, 5.74) is -0.272. The SMILES string of the molecule is COCCNC(=O)[C@@H]1COC2(CN(C(=O)[C@@H]3C[C@H]3C)C2)CN1CC1CC1. The minimum absolute atomic E-state index is 0.0246. The van der Waals surface area contributed by atoms with Gasteiger partial charge in [0, 0.05) is 32.7 Å². The molecule has 146 valence electrons. The van der Waals surface area contributed by atoms with Crippen LogP contribution in [0.5, 0.6) is 0 Å². The second-order valence-corrected chi connectivity index (χ2v) is 8.68. The number of hydrogen-bond donors (Lipinski definition) is 1. The number of nitrogens with zero attached hydrogens (tertiary/aromatic N) is 2. The standard InChI is InChI=1S/C19H31N3O4/c1-13-7-15(13)18(24)22-11-19(12-22)10-21(8-14-3-4-14)16(9-26-19)17(23)20-5-6-25-2/h13-16H,3-12H2,1-2H3,(H,20,23)/t13-,15-,16+/m1/s1. The van der Waals surface area contributed by atoms with E-state index in [1.165, 1.54) is 12.8 Å². The van der Waals surface area contributed by atoms with E-state index in [9.17, 15) is 9.59 Å². The molecule has 2 saturated heterocycles. The van der Waals surface area contributed by atoms with Gasteiger partial charge in [-0.1, -0.05) is 6.92 Å². The monoisotopic (exact) mass is 365 g/mol. The highest BCUT2D eigenvalue weighted by atomic mass is 16.5. The van der Waals surface area contributed by atoms with Crippen molar-refractivity contribution in [2.75, 3.05) is 53.0 Å². The Morgan fingerprint density at radius 2 is 2.00 bits per heavy atom. The predicted molar refractivity (Wildman–Crippen MR) is 95.5 cm³/mol. The van der Waals surface area contributed by atoms with Crippen LogP contribution in [0.25, 0.3) is 0 Å². The van der Waals surface area contributed by atoms with Crippen molar-refractivity contribution in [2.24, 2.45) is 17.8 Å². The van der Waals surface area contributed by atoms with Gasteiger partial charge < -0.3 is 19.7 Å². The van der Waals surface area contributed by atoms with Crippen LogP contribution in [-0.4, -0.2) is 86.3 Å². The van der Waals surface area contributed by atoms with Gasteiger partial charge in [0.15, 0.2) is 0 Å². The van der Waals surface area contributed by atoms with Crippen LogP contribution in [0.1, 0.15) is 26.2 Å². The highest BCUT2D eigenvalue weighted by molar-refractivity contribution is 5.83. The van der Waals surface area contributed by atoms with Crippen LogP contribution >= 0.6 is 0 Å². The van der Waals surface area contributed by atoms with Crippen molar-refractivity contribution in [3.05, 3.63) is 0 Å². The molecule has 2 saturated carbocycles. The van der Waals surface area contributed by atoms with Gasteiger partial charge in [0.1, 0.15) is 11.6 Å². The third-order valence-electron chi connectivity index (χ3n) is 6.27. The quantitative estimate of drug-likeness (QED) is 0.648. The first kappa shape index (κ1) is 18.2. The number of likely N-dealkylation sites (tertiary alicyclic amines) is 1. The Morgan fingerprint density at radius 3 is 2.62 bits per heavy atom. The number of morpholine rings is 1. The summed E-state index contributed by atoms with van der Waals surface area (Å²) in [5, 5.41) is 2.95. The van der Waals surface area contributed by atoms with Gasteiger partial charge in [-0.05, 0) is 31.1 Å². The lowest BCUT2D eigenvalue weighted by atomic mass is 9.89. The summed E-state index contributed by atoms with van der Waals surface area (Å²) in [4.78, 5) is 29.2. The molecule has 2 aliphatic heterocycles. The van der Waals surface area contributed by atoms with Gasteiger partial charge in [0.2, 0.25) is 11.8 Å².